The second-order valence-corrected chi connectivity index (χ2v) is 7.22. The standard InChI is InChI=1S/C19H24N4O2/c24-18(12-14-2-3-14)21-16-5-6-17-15(13-16)4-7-19(25)23(17)11-10-22-9-1-8-20-22/h1,4,7-9,14,16H,2-3,5-6,10-13H2,(H,21,24)/t16-/m1/s1. The minimum atomic E-state index is 0.0436. The first-order valence-corrected chi connectivity index (χ1v) is 9.17. The molecule has 1 N–H and O–H groups in total. The largest absolute Gasteiger partial charge is 0.353 e. The number of rotatable bonds is 6. The van der Waals surface area contributed by atoms with Gasteiger partial charge in [-0.05, 0) is 49.7 Å². The summed E-state index contributed by atoms with van der Waals surface area (Å²) in [4.78, 5) is 24.4. The second-order valence-electron chi connectivity index (χ2n) is 7.22. The maximum Gasteiger partial charge on any atom is 0.250 e. The Bertz CT molecular complexity index is 805. The quantitative estimate of drug-likeness (QED) is 0.867. The van der Waals surface area contributed by atoms with Crippen LogP contribution in [-0.4, -0.2) is 26.3 Å². The van der Waals surface area contributed by atoms with Crippen molar-refractivity contribution in [3.8, 4) is 0 Å². The van der Waals surface area contributed by atoms with Crippen LogP contribution >= 0.6 is 0 Å². The van der Waals surface area contributed by atoms with Crippen molar-refractivity contribution in [3.05, 3.63) is 52.2 Å². The van der Waals surface area contributed by atoms with Crippen molar-refractivity contribution in [2.45, 2.75) is 57.7 Å². The smallest absolute Gasteiger partial charge is 0.250 e. The highest BCUT2D eigenvalue weighted by atomic mass is 16.1. The lowest BCUT2D eigenvalue weighted by Crippen LogP contribution is -2.40. The van der Waals surface area contributed by atoms with Crippen LogP contribution in [0.4, 0.5) is 0 Å². The van der Waals surface area contributed by atoms with Gasteiger partial charge < -0.3 is 9.88 Å². The van der Waals surface area contributed by atoms with Crippen LogP contribution < -0.4 is 10.9 Å². The van der Waals surface area contributed by atoms with Crippen molar-refractivity contribution < 1.29 is 4.79 Å². The molecule has 2 heterocycles. The fourth-order valence-electron chi connectivity index (χ4n) is 3.70. The summed E-state index contributed by atoms with van der Waals surface area (Å²) in [6.45, 7) is 1.31. The van der Waals surface area contributed by atoms with E-state index < -0.39 is 0 Å². The summed E-state index contributed by atoms with van der Waals surface area (Å²) in [7, 11) is 0. The summed E-state index contributed by atoms with van der Waals surface area (Å²) >= 11 is 0. The summed E-state index contributed by atoms with van der Waals surface area (Å²) in [6, 6.07) is 5.66. The Balaban J connectivity index is 1.44. The van der Waals surface area contributed by atoms with Crippen LogP contribution in [0.3, 0.4) is 0 Å². The van der Waals surface area contributed by atoms with E-state index in [9.17, 15) is 9.59 Å². The Morgan fingerprint density at radius 1 is 1.24 bits per heavy atom. The normalized spacial score (nSPS) is 19.4. The van der Waals surface area contributed by atoms with E-state index in [4.69, 9.17) is 0 Å². The van der Waals surface area contributed by atoms with Crippen molar-refractivity contribution >= 4 is 5.91 Å². The fraction of sp³-hybridized carbons (Fsp3) is 0.526. The number of carbonyl (C=O) groups excluding carboxylic acids is 1. The first kappa shape index (κ1) is 16.1. The number of nitrogens with zero attached hydrogens (tertiary/aromatic N) is 3. The number of aromatic nitrogens is 3. The van der Waals surface area contributed by atoms with Gasteiger partial charge in [0.15, 0.2) is 0 Å². The van der Waals surface area contributed by atoms with Gasteiger partial charge in [0.2, 0.25) is 5.91 Å². The third kappa shape index (κ3) is 3.83. The number of aryl methyl sites for hydroxylation is 1. The molecule has 1 atom stereocenters. The average Bonchev–Trinajstić information content (AvgIpc) is 3.25. The van der Waals surface area contributed by atoms with E-state index in [-0.39, 0.29) is 17.5 Å². The van der Waals surface area contributed by atoms with Crippen LogP contribution in [0, 0.1) is 5.92 Å². The highest BCUT2D eigenvalue weighted by molar-refractivity contribution is 5.76. The zero-order valence-corrected chi connectivity index (χ0v) is 14.4. The summed E-state index contributed by atoms with van der Waals surface area (Å²) < 4.78 is 3.72. The van der Waals surface area contributed by atoms with E-state index in [2.05, 4.69) is 10.4 Å². The molecule has 2 aliphatic rings. The second kappa shape index (κ2) is 6.86. The predicted octanol–water partition coefficient (Wildman–Crippen LogP) is 1.52. The van der Waals surface area contributed by atoms with Crippen LogP contribution in [-0.2, 0) is 30.7 Å². The van der Waals surface area contributed by atoms with E-state index in [1.165, 1.54) is 18.4 Å². The van der Waals surface area contributed by atoms with Crippen molar-refractivity contribution in [2.75, 3.05) is 0 Å². The molecule has 4 rings (SSSR count). The molecular weight excluding hydrogens is 316 g/mol. The Hall–Kier alpha value is -2.37. The highest BCUT2D eigenvalue weighted by Crippen LogP contribution is 2.32. The molecule has 0 aliphatic heterocycles. The molecule has 25 heavy (non-hydrogen) atoms. The number of carbonyl (C=O) groups is 1. The topological polar surface area (TPSA) is 68.9 Å². The maximum absolute atomic E-state index is 12.3. The molecular formula is C19H24N4O2. The van der Waals surface area contributed by atoms with Crippen molar-refractivity contribution in [2.24, 2.45) is 5.92 Å². The Morgan fingerprint density at radius 3 is 2.88 bits per heavy atom. The Kier molecular flexibility index (Phi) is 4.42. The molecule has 1 saturated carbocycles. The SMILES string of the molecule is O=C(CC1CC1)N[C@@H]1CCc2c(ccc(=O)n2CCn2cccn2)C1. The molecule has 1 amide bonds. The number of hydrogen-bond acceptors (Lipinski definition) is 3. The molecule has 2 aromatic rings. The summed E-state index contributed by atoms with van der Waals surface area (Å²) in [5, 5.41) is 7.38. The van der Waals surface area contributed by atoms with Crippen molar-refractivity contribution in [3.63, 3.8) is 0 Å². The zero-order valence-electron chi connectivity index (χ0n) is 14.4. The molecule has 0 spiro atoms. The van der Waals surface area contributed by atoms with Gasteiger partial charge in [-0.1, -0.05) is 6.07 Å². The molecule has 0 saturated heterocycles. The van der Waals surface area contributed by atoms with Gasteiger partial charge in [0.05, 0.1) is 6.54 Å². The molecule has 6 nitrogen and oxygen atoms in total. The Morgan fingerprint density at radius 2 is 2.12 bits per heavy atom. The van der Waals surface area contributed by atoms with E-state index in [0.29, 0.717) is 25.4 Å². The fourth-order valence-corrected chi connectivity index (χ4v) is 3.70. The van der Waals surface area contributed by atoms with Gasteiger partial charge in [-0.15, -0.1) is 0 Å². The summed E-state index contributed by atoms with van der Waals surface area (Å²) in [6.07, 6.45) is 9.27. The van der Waals surface area contributed by atoms with E-state index >= 15 is 0 Å². The van der Waals surface area contributed by atoms with Crippen LogP contribution in [0.2, 0.25) is 0 Å². The lowest BCUT2D eigenvalue weighted by molar-refractivity contribution is -0.122. The van der Waals surface area contributed by atoms with Crippen LogP contribution in [0.5, 0.6) is 0 Å². The molecule has 132 valence electrons. The molecule has 0 radical (unpaired) electrons. The van der Waals surface area contributed by atoms with Gasteiger partial charge in [-0.3, -0.25) is 14.3 Å². The number of amides is 1. The lowest BCUT2D eigenvalue weighted by atomic mass is 9.91. The third-order valence-electron chi connectivity index (χ3n) is 5.23. The van der Waals surface area contributed by atoms with Gasteiger partial charge in [0.25, 0.3) is 5.56 Å². The minimum absolute atomic E-state index is 0.0436. The molecule has 1 fully saturated rings. The first-order chi connectivity index (χ1) is 12.2. The summed E-state index contributed by atoms with van der Waals surface area (Å²) in [5.41, 5.74) is 2.34. The molecule has 2 aliphatic carbocycles. The first-order valence-electron chi connectivity index (χ1n) is 9.17. The Labute approximate surface area is 146 Å². The van der Waals surface area contributed by atoms with Gasteiger partial charge in [-0.25, -0.2) is 0 Å². The number of pyridine rings is 1. The van der Waals surface area contributed by atoms with Crippen molar-refractivity contribution in [1.82, 2.24) is 19.7 Å². The maximum atomic E-state index is 12.3. The van der Waals surface area contributed by atoms with Crippen molar-refractivity contribution in [1.29, 1.82) is 0 Å². The van der Waals surface area contributed by atoms with Gasteiger partial charge >= 0.3 is 0 Å². The minimum Gasteiger partial charge on any atom is -0.353 e. The molecule has 0 unspecified atom stereocenters. The van der Waals surface area contributed by atoms with Gasteiger partial charge in [-0.2, -0.15) is 5.10 Å². The van der Waals surface area contributed by atoms with Crippen LogP contribution in [0.1, 0.15) is 36.9 Å². The number of hydrogen-bond donors (Lipinski definition) is 1. The number of fused-ring (bicyclic) bond motifs is 1. The van der Waals surface area contributed by atoms with Crippen LogP contribution in [0.15, 0.2) is 35.4 Å². The molecule has 0 aromatic carbocycles. The van der Waals surface area contributed by atoms with Crippen LogP contribution in [0.25, 0.3) is 0 Å². The zero-order chi connectivity index (χ0) is 17.2. The summed E-state index contributed by atoms with van der Waals surface area (Å²) in [5.74, 6) is 0.798. The monoisotopic (exact) mass is 340 g/mol. The van der Waals surface area contributed by atoms with Gasteiger partial charge in [0.1, 0.15) is 0 Å². The molecule has 0 bridgehead atoms. The average molecular weight is 340 g/mol. The third-order valence-corrected chi connectivity index (χ3v) is 5.23. The highest BCUT2D eigenvalue weighted by Gasteiger charge is 2.27. The predicted molar refractivity (Wildman–Crippen MR) is 94.2 cm³/mol. The molecule has 6 heteroatoms. The lowest BCUT2D eigenvalue weighted by Gasteiger charge is -2.27. The number of nitrogens with one attached hydrogen (secondary N) is 1. The van der Waals surface area contributed by atoms with E-state index in [1.807, 2.05) is 27.6 Å². The van der Waals surface area contributed by atoms with E-state index in [1.54, 1.807) is 12.3 Å². The van der Waals surface area contributed by atoms with E-state index in [0.717, 1.165) is 25.0 Å². The van der Waals surface area contributed by atoms with Gasteiger partial charge in [0, 0.05) is 43.2 Å². The molecule has 2 aromatic heterocycles.